The van der Waals surface area contributed by atoms with Gasteiger partial charge in [0, 0.05) is 24.8 Å². The normalized spacial score (nSPS) is 14.9. The second-order valence-corrected chi connectivity index (χ2v) is 8.60. The fourth-order valence-corrected chi connectivity index (χ4v) is 4.51. The number of nitro benzene ring substituents is 1. The van der Waals surface area contributed by atoms with E-state index in [-0.39, 0.29) is 58.9 Å². The van der Waals surface area contributed by atoms with E-state index >= 15 is 0 Å². The van der Waals surface area contributed by atoms with Crippen LogP contribution < -0.4 is 10.1 Å². The summed E-state index contributed by atoms with van der Waals surface area (Å²) in [5.41, 5.74) is -0.283. The summed E-state index contributed by atoms with van der Waals surface area (Å²) in [6, 6.07) is 7.74. The van der Waals surface area contributed by atoms with Crippen molar-refractivity contribution < 1.29 is 27.6 Å². The maximum Gasteiger partial charge on any atom is 0.289 e. The number of hydrogen-bond donors (Lipinski definition) is 1. The molecule has 0 aliphatic carbocycles. The van der Waals surface area contributed by atoms with Gasteiger partial charge < -0.3 is 14.8 Å². The van der Waals surface area contributed by atoms with Gasteiger partial charge in [-0.1, -0.05) is 11.6 Å². The number of ether oxygens (including phenoxy) is 2. The van der Waals surface area contributed by atoms with Crippen LogP contribution in [-0.2, 0) is 14.8 Å². The Morgan fingerprint density at radius 2 is 1.93 bits per heavy atom. The Morgan fingerprint density at radius 3 is 2.57 bits per heavy atom. The van der Waals surface area contributed by atoms with Crippen LogP contribution in [0.15, 0.2) is 41.3 Å². The largest absolute Gasteiger partial charge is 0.496 e. The predicted octanol–water partition coefficient (Wildman–Crippen LogP) is 2.53. The minimum Gasteiger partial charge on any atom is -0.496 e. The van der Waals surface area contributed by atoms with Crippen LogP contribution in [0, 0.1) is 10.1 Å². The molecule has 0 saturated carbocycles. The highest BCUT2D eigenvalue weighted by molar-refractivity contribution is 7.89. The highest BCUT2D eigenvalue weighted by atomic mass is 35.5. The van der Waals surface area contributed by atoms with Crippen molar-refractivity contribution in [2.24, 2.45) is 0 Å². The molecule has 1 N–H and O–H groups in total. The van der Waals surface area contributed by atoms with Crippen LogP contribution in [0.2, 0.25) is 5.02 Å². The van der Waals surface area contributed by atoms with E-state index in [1.807, 2.05) is 0 Å². The Bertz CT molecular complexity index is 1090. The van der Waals surface area contributed by atoms with Crippen molar-refractivity contribution in [1.82, 2.24) is 4.31 Å². The molecule has 0 bridgehead atoms. The van der Waals surface area contributed by atoms with E-state index < -0.39 is 20.9 Å². The third-order valence-electron chi connectivity index (χ3n) is 4.42. The van der Waals surface area contributed by atoms with E-state index in [1.54, 1.807) is 0 Å². The summed E-state index contributed by atoms with van der Waals surface area (Å²) in [4.78, 5) is 23.1. The fourth-order valence-electron chi connectivity index (χ4n) is 2.89. The van der Waals surface area contributed by atoms with Gasteiger partial charge in [0.2, 0.25) is 10.0 Å². The molecule has 0 unspecified atom stereocenters. The van der Waals surface area contributed by atoms with Crippen molar-refractivity contribution in [2.45, 2.75) is 4.90 Å². The number of nitrogens with one attached hydrogen (secondary N) is 1. The molecule has 1 aliphatic heterocycles. The molecule has 1 amide bonds. The van der Waals surface area contributed by atoms with Gasteiger partial charge in [0.05, 0.1) is 35.7 Å². The van der Waals surface area contributed by atoms with E-state index in [4.69, 9.17) is 21.1 Å². The summed E-state index contributed by atoms with van der Waals surface area (Å²) in [6.45, 7) is 1.00. The van der Waals surface area contributed by atoms with Gasteiger partial charge in [-0.05, 0) is 30.3 Å². The molecular weight excluding hydrogens is 438 g/mol. The van der Waals surface area contributed by atoms with Crippen molar-refractivity contribution in [3.05, 3.63) is 57.1 Å². The SMILES string of the molecule is COc1ccc(S(=O)(=O)N2CCOCC2)cc1C(=O)Nc1ccc(Cl)c([N+](=O)[O-])c1. The van der Waals surface area contributed by atoms with Gasteiger partial charge in [0.25, 0.3) is 11.6 Å². The molecular formula is C18H18ClN3O7S. The van der Waals surface area contributed by atoms with E-state index in [9.17, 15) is 23.3 Å². The first-order valence-corrected chi connectivity index (χ1v) is 10.6. The lowest BCUT2D eigenvalue weighted by molar-refractivity contribution is -0.384. The maximum absolute atomic E-state index is 12.9. The molecule has 0 aromatic heterocycles. The molecule has 2 aromatic rings. The topological polar surface area (TPSA) is 128 Å². The number of methoxy groups -OCH3 is 1. The Hall–Kier alpha value is -2.73. The number of halogens is 1. The smallest absolute Gasteiger partial charge is 0.289 e. The Balaban J connectivity index is 1.93. The second-order valence-electron chi connectivity index (χ2n) is 6.26. The van der Waals surface area contributed by atoms with Crippen LogP contribution in [0.1, 0.15) is 10.4 Å². The molecule has 3 rings (SSSR count). The zero-order valence-electron chi connectivity index (χ0n) is 15.8. The molecule has 12 heteroatoms. The van der Waals surface area contributed by atoms with Gasteiger partial charge in [-0.3, -0.25) is 14.9 Å². The minimum atomic E-state index is -3.83. The third kappa shape index (κ3) is 4.54. The molecule has 0 radical (unpaired) electrons. The van der Waals surface area contributed by atoms with Gasteiger partial charge in [-0.15, -0.1) is 0 Å². The zero-order chi connectivity index (χ0) is 21.9. The zero-order valence-corrected chi connectivity index (χ0v) is 17.4. The van der Waals surface area contributed by atoms with Crippen molar-refractivity contribution in [3.8, 4) is 5.75 Å². The summed E-state index contributed by atoms with van der Waals surface area (Å²) in [6.07, 6.45) is 0. The molecule has 2 aromatic carbocycles. The quantitative estimate of drug-likeness (QED) is 0.523. The lowest BCUT2D eigenvalue weighted by Crippen LogP contribution is -2.40. The number of nitro groups is 1. The summed E-state index contributed by atoms with van der Waals surface area (Å²) in [5.74, 6) is -0.542. The summed E-state index contributed by atoms with van der Waals surface area (Å²) >= 11 is 5.78. The molecule has 10 nitrogen and oxygen atoms in total. The molecule has 1 heterocycles. The number of sulfonamides is 1. The number of anilines is 1. The Kier molecular flexibility index (Phi) is 6.56. The number of hydrogen-bond acceptors (Lipinski definition) is 7. The van der Waals surface area contributed by atoms with Crippen LogP contribution >= 0.6 is 11.6 Å². The molecule has 1 saturated heterocycles. The van der Waals surface area contributed by atoms with Crippen LogP contribution in [-0.4, -0.2) is 57.0 Å². The van der Waals surface area contributed by atoms with Crippen molar-refractivity contribution in [1.29, 1.82) is 0 Å². The average Bonchev–Trinajstić information content (AvgIpc) is 2.75. The van der Waals surface area contributed by atoms with Gasteiger partial charge in [-0.25, -0.2) is 8.42 Å². The first-order chi connectivity index (χ1) is 14.2. The number of nitrogens with zero attached hydrogens (tertiary/aromatic N) is 2. The lowest BCUT2D eigenvalue weighted by Gasteiger charge is -2.26. The second kappa shape index (κ2) is 8.96. The van der Waals surface area contributed by atoms with E-state index in [0.29, 0.717) is 0 Å². The highest BCUT2D eigenvalue weighted by Gasteiger charge is 2.28. The molecule has 30 heavy (non-hydrogen) atoms. The fraction of sp³-hybridized carbons (Fsp3) is 0.278. The third-order valence-corrected chi connectivity index (χ3v) is 6.64. The summed E-state index contributed by atoms with van der Waals surface area (Å²) in [5, 5.41) is 13.5. The Labute approximate surface area is 177 Å². The molecule has 0 spiro atoms. The minimum absolute atomic E-state index is 0.0376. The maximum atomic E-state index is 12.9. The van der Waals surface area contributed by atoms with Crippen LogP contribution in [0.5, 0.6) is 5.75 Å². The highest BCUT2D eigenvalue weighted by Crippen LogP contribution is 2.29. The lowest BCUT2D eigenvalue weighted by atomic mass is 10.1. The summed E-state index contributed by atoms with van der Waals surface area (Å²) in [7, 11) is -2.49. The van der Waals surface area contributed by atoms with Gasteiger partial charge >= 0.3 is 0 Å². The number of carbonyl (C=O) groups excluding carboxylic acids is 1. The van der Waals surface area contributed by atoms with Crippen molar-refractivity contribution in [2.75, 3.05) is 38.7 Å². The number of amides is 1. The van der Waals surface area contributed by atoms with Crippen LogP contribution in [0.3, 0.4) is 0 Å². The van der Waals surface area contributed by atoms with Crippen molar-refractivity contribution >= 4 is 38.9 Å². The van der Waals surface area contributed by atoms with Crippen LogP contribution in [0.25, 0.3) is 0 Å². The number of benzene rings is 2. The standard InChI is InChI=1S/C18H18ClN3O7S/c1-28-17-5-3-13(30(26,27)21-6-8-29-9-7-21)11-14(17)18(23)20-12-2-4-15(19)16(10-12)22(24)25/h2-5,10-11H,6-9H2,1H3,(H,20,23). The number of carbonyl (C=O) groups is 1. The molecule has 160 valence electrons. The van der Waals surface area contributed by atoms with Gasteiger partial charge in [0.15, 0.2) is 0 Å². The Morgan fingerprint density at radius 1 is 1.23 bits per heavy atom. The molecule has 1 fully saturated rings. The van der Waals surface area contributed by atoms with E-state index in [2.05, 4.69) is 5.32 Å². The molecule has 0 atom stereocenters. The van der Waals surface area contributed by atoms with Crippen molar-refractivity contribution in [3.63, 3.8) is 0 Å². The monoisotopic (exact) mass is 455 g/mol. The molecule has 1 aliphatic rings. The van der Waals surface area contributed by atoms with Gasteiger partial charge in [0.1, 0.15) is 10.8 Å². The van der Waals surface area contributed by atoms with E-state index in [0.717, 1.165) is 6.07 Å². The summed E-state index contributed by atoms with van der Waals surface area (Å²) < 4.78 is 37.4. The van der Waals surface area contributed by atoms with E-state index in [1.165, 1.54) is 41.7 Å². The average molecular weight is 456 g/mol. The number of morpholine rings is 1. The predicted molar refractivity (Wildman–Crippen MR) is 109 cm³/mol. The van der Waals surface area contributed by atoms with Crippen LogP contribution in [0.4, 0.5) is 11.4 Å². The number of rotatable bonds is 6. The van der Waals surface area contributed by atoms with Gasteiger partial charge in [-0.2, -0.15) is 4.31 Å². The first-order valence-electron chi connectivity index (χ1n) is 8.75. The first kappa shape index (κ1) is 22.0.